The molecule has 1 aliphatic carbocycles. The summed E-state index contributed by atoms with van der Waals surface area (Å²) < 4.78 is 0. The molecule has 0 aromatic heterocycles. The van der Waals surface area contributed by atoms with Gasteiger partial charge in [-0.05, 0) is 33.1 Å². The maximum atomic E-state index is 12.6. The highest BCUT2D eigenvalue weighted by Crippen LogP contribution is 2.33. The van der Waals surface area contributed by atoms with Gasteiger partial charge in [-0.3, -0.25) is 9.59 Å². The number of carbonyl (C=O) groups excluding carboxylic acids is 1. The third-order valence-corrected chi connectivity index (χ3v) is 4.06. The first-order chi connectivity index (χ1) is 8.99. The molecule has 2 atom stereocenters. The molecule has 0 saturated heterocycles. The van der Waals surface area contributed by atoms with Gasteiger partial charge >= 0.3 is 5.97 Å². The van der Waals surface area contributed by atoms with E-state index in [0.717, 1.165) is 38.6 Å². The highest BCUT2D eigenvalue weighted by Gasteiger charge is 2.40. The Bertz CT molecular complexity index is 315. The maximum absolute atomic E-state index is 12.6. The van der Waals surface area contributed by atoms with Crippen molar-refractivity contribution < 1.29 is 14.7 Å². The van der Waals surface area contributed by atoms with E-state index >= 15 is 0 Å². The van der Waals surface area contributed by atoms with E-state index in [1.54, 1.807) is 0 Å². The van der Waals surface area contributed by atoms with Gasteiger partial charge in [0.2, 0.25) is 5.91 Å². The smallest absolute Gasteiger partial charge is 0.307 e. The molecule has 1 saturated carbocycles. The Morgan fingerprint density at radius 1 is 1.21 bits per heavy atom. The van der Waals surface area contributed by atoms with Crippen LogP contribution in [-0.2, 0) is 9.59 Å². The average Bonchev–Trinajstić information content (AvgIpc) is 2.82. The topological polar surface area (TPSA) is 57.6 Å². The van der Waals surface area contributed by atoms with Crippen molar-refractivity contribution in [1.29, 1.82) is 0 Å². The first-order valence-corrected chi connectivity index (χ1v) is 7.52. The van der Waals surface area contributed by atoms with Gasteiger partial charge in [0.25, 0.3) is 0 Å². The van der Waals surface area contributed by atoms with Gasteiger partial charge in [0, 0.05) is 12.6 Å². The molecule has 4 heteroatoms. The summed E-state index contributed by atoms with van der Waals surface area (Å²) in [5.41, 5.74) is 0. The third kappa shape index (κ3) is 4.22. The molecule has 1 N–H and O–H groups in total. The molecular formula is C15H27NO3. The molecule has 19 heavy (non-hydrogen) atoms. The van der Waals surface area contributed by atoms with Crippen LogP contribution in [0.25, 0.3) is 0 Å². The summed E-state index contributed by atoms with van der Waals surface area (Å²) in [6.45, 7) is 6.91. The Kier molecular flexibility index (Phi) is 6.32. The van der Waals surface area contributed by atoms with E-state index in [1.807, 2.05) is 18.7 Å². The van der Waals surface area contributed by atoms with Crippen LogP contribution in [0.4, 0.5) is 0 Å². The largest absolute Gasteiger partial charge is 0.481 e. The Labute approximate surface area is 116 Å². The predicted molar refractivity (Wildman–Crippen MR) is 74.8 cm³/mol. The van der Waals surface area contributed by atoms with Crippen LogP contribution in [0, 0.1) is 11.8 Å². The van der Waals surface area contributed by atoms with Crippen molar-refractivity contribution in [2.45, 2.75) is 65.3 Å². The number of carboxylic acids is 1. The van der Waals surface area contributed by atoms with Crippen molar-refractivity contribution in [1.82, 2.24) is 4.90 Å². The van der Waals surface area contributed by atoms with E-state index in [0.29, 0.717) is 6.42 Å². The molecule has 0 spiro atoms. The minimum absolute atomic E-state index is 0.0519. The number of aliphatic carboxylic acids is 1. The summed E-state index contributed by atoms with van der Waals surface area (Å²) in [5, 5.41) is 9.20. The summed E-state index contributed by atoms with van der Waals surface area (Å²) in [6.07, 6.45) is 5.48. The van der Waals surface area contributed by atoms with Crippen LogP contribution in [0.15, 0.2) is 0 Å². The molecule has 0 aromatic carbocycles. The zero-order valence-corrected chi connectivity index (χ0v) is 12.4. The van der Waals surface area contributed by atoms with Crippen molar-refractivity contribution >= 4 is 11.9 Å². The quantitative estimate of drug-likeness (QED) is 0.723. The number of unbranched alkanes of at least 4 members (excludes halogenated alkanes) is 2. The lowest BCUT2D eigenvalue weighted by Crippen LogP contribution is -2.43. The second-order valence-electron chi connectivity index (χ2n) is 5.81. The Hall–Kier alpha value is -1.06. The summed E-state index contributed by atoms with van der Waals surface area (Å²) in [4.78, 5) is 25.6. The van der Waals surface area contributed by atoms with Crippen molar-refractivity contribution in [2.75, 3.05) is 6.54 Å². The zero-order chi connectivity index (χ0) is 14.4. The van der Waals surface area contributed by atoms with E-state index in [1.165, 1.54) is 0 Å². The van der Waals surface area contributed by atoms with Crippen LogP contribution >= 0.6 is 0 Å². The zero-order valence-electron chi connectivity index (χ0n) is 12.4. The highest BCUT2D eigenvalue weighted by molar-refractivity contribution is 5.85. The normalized spacial score (nSPS) is 22.7. The molecule has 2 unspecified atom stereocenters. The molecular weight excluding hydrogens is 242 g/mol. The lowest BCUT2D eigenvalue weighted by molar-refractivity contribution is -0.149. The molecule has 1 amide bonds. The number of hydrogen-bond acceptors (Lipinski definition) is 2. The van der Waals surface area contributed by atoms with Gasteiger partial charge < -0.3 is 10.0 Å². The van der Waals surface area contributed by atoms with Gasteiger partial charge in [0.15, 0.2) is 0 Å². The van der Waals surface area contributed by atoms with Crippen LogP contribution in [-0.4, -0.2) is 34.5 Å². The van der Waals surface area contributed by atoms with E-state index in [9.17, 15) is 14.7 Å². The second kappa shape index (κ2) is 7.51. The first kappa shape index (κ1) is 16.0. The summed E-state index contributed by atoms with van der Waals surface area (Å²) >= 11 is 0. The minimum Gasteiger partial charge on any atom is -0.481 e. The number of nitrogens with zero attached hydrogens (tertiary/aromatic N) is 1. The lowest BCUT2D eigenvalue weighted by atomic mass is 9.94. The molecule has 0 radical (unpaired) electrons. The fourth-order valence-electron chi connectivity index (χ4n) is 2.92. The number of rotatable bonds is 7. The van der Waals surface area contributed by atoms with Gasteiger partial charge in [0.05, 0.1) is 11.8 Å². The molecule has 0 heterocycles. The lowest BCUT2D eigenvalue weighted by Gasteiger charge is -2.30. The molecule has 110 valence electrons. The van der Waals surface area contributed by atoms with Crippen molar-refractivity contribution in [2.24, 2.45) is 11.8 Å². The standard InChI is InChI=1S/C15H27NO3/c1-4-5-6-10-16(11(2)3)14(17)12-8-7-9-13(12)15(18)19/h11-13H,4-10H2,1-3H3,(H,18,19). The van der Waals surface area contributed by atoms with Gasteiger partial charge in [0.1, 0.15) is 0 Å². The van der Waals surface area contributed by atoms with Crippen LogP contribution < -0.4 is 0 Å². The second-order valence-corrected chi connectivity index (χ2v) is 5.81. The first-order valence-electron chi connectivity index (χ1n) is 7.52. The third-order valence-electron chi connectivity index (χ3n) is 4.06. The van der Waals surface area contributed by atoms with Gasteiger partial charge in [-0.2, -0.15) is 0 Å². The van der Waals surface area contributed by atoms with Crippen LogP contribution in [0.2, 0.25) is 0 Å². The van der Waals surface area contributed by atoms with E-state index in [-0.39, 0.29) is 17.9 Å². The predicted octanol–water partition coefficient (Wildman–Crippen LogP) is 2.91. The molecule has 0 bridgehead atoms. The van der Waals surface area contributed by atoms with Gasteiger partial charge in [-0.15, -0.1) is 0 Å². The van der Waals surface area contributed by atoms with Crippen molar-refractivity contribution in [3.63, 3.8) is 0 Å². The number of carbonyl (C=O) groups is 2. The van der Waals surface area contributed by atoms with E-state index in [2.05, 4.69) is 6.92 Å². The Morgan fingerprint density at radius 2 is 1.84 bits per heavy atom. The molecule has 1 fully saturated rings. The summed E-state index contributed by atoms with van der Waals surface area (Å²) in [7, 11) is 0. The van der Waals surface area contributed by atoms with Crippen molar-refractivity contribution in [3.8, 4) is 0 Å². The Balaban J connectivity index is 2.67. The molecule has 1 aliphatic rings. The molecule has 1 rings (SSSR count). The van der Waals surface area contributed by atoms with Crippen LogP contribution in [0.5, 0.6) is 0 Å². The monoisotopic (exact) mass is 269 g/mol. The number of amides is 1. The van der Waals surface area contributed by atoms with E-state index in [4.69, 9.17) is 0 Å². The van der Waals surface area contributed by atoms with Crippen LogP contribution in [0.3, 0.4) is 0 Å². The summed E-state index contributed by atoms with van der Waals surface area (Å²) in [5.74, 6) is -1.54. The number of hydrogen-bond donors (Lipinski definition) is 1. The summed E-state index contributed by atoms with van der Waals surface area (Å²) in [6, 6.07) is 0.152. The highest BCUT2D eigenvalue weighted by atomic mass is 16.4. The Morgan fingerprint density at radius 3 is 2.37 bits per heavy atom. The van der Waals surface area contributed by atoms with Gasteiger partial charge in [-0.25, -0.2) is 0 Å². The maximum Gasteiger partial charge on any atom is 0.307 e. The van der Waals surface area contributed by atoms with E-state index < -0.39 is 11.9 Å². The fraction of sp³-hybridized carbons (Fsp3) is 0.867. The fourth-order valence-corrected chi connectivity index (χ4v) is 2.92. The SMILES string of the molecule is CCCCCN(C(=O)C1CCCC1C(=O)O)C(C)C. The molecule has 0 aromatic rings. The minimum atomic E-state index is -0.812. The average molecular weight is 269 g/mol. The molecule has 4 nitrogen and oxygen atoms in total. The number of carboxylic acid groups (broad SMARTS) is 1. The van der Waals surface area contributed by atoms with Gasteiger partial charge in [-0.1, -0.05) is 26.2 Å². The van der Waals surface area contributed by atoms with Crippen molar-refractivity contribution in [3.05, 3.63) is 0 Å². The van der Waals surface area contributed by atoms with Crippen LogP contribution in [0.1, 0.15) is 59.3 Å². The molecule has 0 aliphatic heterocycles.